The third-order valence-electron chi connectivity index (χ3n) is 2.02. The largest absolute Gasteiger partial charge is 0.440 e. The van der Waals surface area contributed by atoms with E-state index in [1.165, 1.54) is 18.0 Å². The number of fused-ring (bicyclic) bond motifs is 1. The van der Waals surface area contributed by atoms with E-state index in [9.17, 15) is 0 Å². The summed E-state index contributed by atoms with van der Waals surface area (Å²) in [5.74, 6) is 0. The first-order chi connectivity index (χ1) is 7.84. The van der Waals surface area contributed by atoms with Gasteiger partial charge in [-0.1, -0.05) is 0 Å². The lowest BCUT2D eigenvalue weighted by atomic mass is 10.3. The Hall–Kier alpha value is -2.02. The van der Waals surface area contributed by atoms with Gasteiger partial charge in [-0.25, -0.2) is 9.61 Å². The van der Waals surface area contributed by atoms with E-state index in [0.717, 1.165) is 4.90 Å². The molecule has 0 amide bonds. The highest BCUT2D eigenvalue weighted by molar-refractivity contribution is 7.99. The lowest BCUT2D eigenvalue weighted by Gasteiger charge is -1.98. The molecular weight excluding hydrogens is 228 g/mol. The van der Waals surface area contributed by atoms with E-state index in [1.54, 1.807) is 12.3 Å². The molecule has 0 atom stereocenters. The zero-order valence-electron chi connectivity index (χ0n) is 7.95. The van der Waals surface area contributed by atoms with Crippen molar-refractivity contribution >= 4 is 28.5 Å². The smallest absolute Gasteiger partial charge is 0.260 e. The molecule has 0 saturated heterocycles. The fraction of sp³-hybridized carbons (Fsp3) is 0. The van der Waals surface area contributed by atoms with Gasteiger partial charge in [-0.15, -0.1) is 0 Å². The third-order valence-corrected chi connectivity index (χ3v) is 2.94. The molecule has 0 aliphatic heterocycles. The van der Waals surface area contributed by atoms with Crippen LogP contribution in [-0.4, -0.2) is 15.3 Å². The first-order valence-corrected chi connectivity index (χ1v) is 5.24. The van der Waals surface area contributed by atoms with E-state index < -0.39 is 0 Å². The van der Waals surface area contributed by atoms with E-state index in [2.05, 4.69) is 19.9 Å². The summed E-state index contributed by atoms with van der Waals surface area (Å²) in [7, 11) is 0. The van der Waals surface area contributed by atoms with Crippen LogP contribution in [0.15, 0.2) is 43.8 Å². The second-order valence-electron chi connectivity index (χ2n) is 3.01. The summed E-state index contributed by atoms with van der Waals surface area (Å²) in [6, 6.07) is 3.58. The Morgan fingerprint density at radius 2 is 2.06 bits per heavy atom. The molecule has 0 spiro atoms. The predicted octanol–water partition coefficient (Wildman–Crippen LogP) is 1.94. The number of nitrogens with zero attached hydrogens (tertiary/aromatic N) is 3. The number of oxazole rings is 1. The highest BCUT2D eigenvalue weighted by atomic mass is 32.2. The molecule has 6 nitrogen and oxygen atoms in total. The first kappa shape index (κ1) is 9.22. The number of nitrogens with two attached hydrogens (primary N) is 1. The highest BCUT2D eigenvalue weighted by Gasteiger charge is 2.12. The molecule has 1 aromatic carbocycles. The Labute approximate surface area is 93.8 Å². The van der Waals surface area contributed by atoms with Crippen LogP contribution in [0.5, 0.6) is 0 Å². The van der Waals surface area contributed by atoms with Crippen molar-refractivity contribution in [3.05, 3.63) is 24.6 Å². The molecule has 7 heteroatoms. The zero-order chi connectivity index (χ0) is 11.0. The van der Waals surface area contributed by atoms with Crippen LogP contribution in [0.1, 0.15) is 0 Å². The van der Waals surface area contributed by atoms with E-state index in [-0.39, 0.29) is 0 Å². The van der Waals surface area contributed by atoms with Gasteiger partial charge in [-0.2, -0.15) is 0 Å². The molecule has 2 N–H and O–H groups in total. The Kier molecular flexibility index (Phi) is 2.03. The molecule has 80 valence electrons. The van der Waals surface area contributed by atoms with Gasteiger partial charge in [0.05, 0.1) is 11.9 Å². The highest BCUT2D eigenvalue weighted by Crippen LogP contribution is 2.33. The number of aromatic nitrogens is 3. The molecule has 0 fully saturated rings. The summed E-state index contributed by atoms with van der Waals surface area (Å²) in [6.07, 6.45) is 3.09. The van der Waals surface area contributed by atoms with Crippen molar-refractivity contribution in [1.29, 1.82) is 0 Å². The van der Waals surface area contributed by atoms with E-state index >= 15 is 0 Å². The molecule has 0 radical (unpaired) electrons. The third kappa shape index (κ3) is 1.41. The van der Waals surface area contributed by atoms with Crippen LogP contribution in [0, 0.1) is 0 Å². The van der Waals surface area contributed by atoms with Crippen molar-refractivity contribution < 1.29 is 9.05 Å². The van der Waals surface area contributed by atoms with Crippen LogP contribution in [0.3, 0.4) is 0 Å². The van der Waals surface area contributed by atoms with Crippen LogP contribution < -0.4 is 5.73 Å². The second kappa shape index (κ2) is 3.53. The molecule has 3 aromatic rings. The van der Waals surface area contributed by atoms with Crippen molar-refractivity contribution in [2.75, 3.05) is 5.73 Å². The van der Waals surface area contributed by atoms with Gasteiger partial charge in [-0.3, -0.25) is 0 Å². The summed E-state index contributed by atoms with van der Waals surface area (Å²) in [5.41, 5.74) is 7.43. The van der Waals surface area contributed by atoms with Crippen molar-refractivity contribution in [1.82, 2.24) is 15.3 Å². The van der Waals surface area contributed by atoms with Crippen LogP contribution in [0.4, 0.5) is 5.69 Å². The Bertz CT molecular complexity index is 620. The van der Waals surface area contributed by atoms with Crippen molar-refractivity contribution in [2.24, 2.45) is 0 Å². The minimum absolute atomic E-state index is 0.535. The predicted molar refractivity (Wildman–Crippen MR) is 56.8 cm³/mol. The van der Waals surface area contributed by atoms with Crippen molar-refractivity contribution in [3.8, 4) is 0 Å². The van der Waals surface area contributed by atoms with Crippen LogP contribution in [0.25, 0.3) is 11.0 Å². The van der Waals surface area contributed by atoms with Crippen LogP contribution >= 0.6 is 11.8 Å². The van der Waals surface area contributed by atoms with Crippen LogP contribution in [-0.2, 0) is 0 Å². The standard InChI is InChI=1S/C9H6N4O2S/c10-5-1-2-6(8-7(5)12-15-13-8)16-9-11-3-4-14-9/h1-4H,10H2. The number of hydrogen-bond acceptors (Lipinski definition) is 7. The average molecular weight is 234 g/mol. The maximum atomic E-state index is 5.73. The van der Waals surface area contributed by atoms with Gasteiger partial charge in [0.15, 0.2) is 11.0 Å². The lowest BCUT2D eigenvalue weighted by molar-refractivity contribution is 0.315. The summed E-state index contributed by atoms with van der Waals surface area (Å²) in [6.45, 7) is 0. The number of hydrogen-bond donors (Lipinski definition) is 1. The lowest BCUT2D eigenvalue weighted by Crippen LogP contribution is -1.87. The second-order valence-corrected chi connectivity index (χ2v) is 4.01. The van der Waals surface area contributed by atoms with E-state index in [0.29, 0.717) is 21.9 Å². The fourth-order valence-electron chi connectivity index (χ4n) is 1.30. The van der Waals surface area contributed by atoms with Gasteiger partial charge in [0.1, 0.15) is 6.26 Å². The van der Waals surface area contributed by atoms with E-state index in [4.69, 9.17) is 10.2 Å². The summed E-state index contributed by atoms with van der Waals surface area (Å²) in [5, 5.41) is 8.07. The van der Waals surface area contributed by atoms with Gasteiger partial charge in [-0.05, 0) is 34.2 Å². The van der Waals surface area contributed by atoms with Crippen LogP contribution in [0.2, 0.25) is 0 Å². The summed E-state index contributed by atoms with van der Waals surface area (Å²) < 4.78 is 9.80. The van der Waals surface area contributed by atoms with E-state index in [1.807, 2.05) is 6.07 Å². The molecule has 0 bridgehead atoms. The maximum Gasteiger partial charge on any atom is 0.260 e. The fourth-order valence-corrected chi connectivity index (χ4v) is 2.07. The number of rotatable bonds is 2. The molecule has 0 aliphatic rings. The first-order valence-electron chi connectivity index (χ1n) is 4.42. The van der Waals surface area contributed by atoms with Gasteiger partial charge in [0, 0.05) is 4.90 Å². The summed E-state index contributed by atoms with van der Waals surface area (Å²) in [4.78, 5) is 4.85. The molecule has 0 unspecified atom stereocenters. The molecule has 2 heterocycles. The van der Waals surface area contributed by atoms with Gasteiger partial charge >= 0.3 is 0 Å². The topological polar surface area (TPSA) is 91.0 Å². The monoisotopic (exact) mass is 234 g/mol. The minimum Gasteiger partial charge on any atom is -0.440 e. The molecule has 3 rings (SSSR count). The van der Waals surface area contributed by atoms with Gasteiger partial charge < -0.3 is 10.2 Å². The quantitative estimate of drug-likeness (QED) is 0.677. The number of benzene rings is 1. The molecule has 0 aliphatic carbocycles. The maximum absolute atomic E-state index is 5.73. The van der Waals surface area contributed by atoms with Gasteiger partial charge in [0.2, 0.25) is 0 Å². The average Bonchev–Trinajstić information content (AvgIpc) is 2.92. The SMILES string of the molecule is Nc1ccc(Sc2ncco2)c2nonc12. The Morgan fingerprint density at radius 1 is 1.19 bits per heavy atom. The van der Waals surface area contributed by atoms with Crippen molar-refractivity contribution in [2.45, 2.75) is 10.1 Å². The zero-order valence-corrected chi connectivity index (χ0v) is 8.77. The summed E-state index contributed by atoms with van der Waals surface area (Å²) >= 11 is 1.34. The van der Waals surface area contributed by atoms with Crippen molar-refractivity contribution in [3.63, 3.8) is 0 Å². The molecule has 0 saturated carbocycles. The Balaban J connectivity index is 2.10. The molecule has 2 aromatic heterocycles. The number of anilines is 1. The molecule has 16 heavy (non-hydrogen) atoms. The Morgan fingerprint density at radius 3 is 2.88 bits per heavy atom. The molecular formula is C9H6N4O2S. The number of nitrogen functional groups attached to an aromatic ring is 1. The van der Waals surface area contributed by atoms with Gasteiger partial charge in [0.25, 0.3) is 5.22 Å². The minimum atomic E-state index is 0.535. The normalized spacial score (nSPS) is 11.0.